The molecule has 1 aromatic rings. The number of benzene rings is 1. The lowest BCUT2D eigenvalue weighted by atomic mass is 9.84. The summed E-state index contributed by atoms with van der Waals surface area (Å²) in [4.78, 5) is 11.0. The Hall–Kier alpha value is -1.30. The van der Waals surface area contributed by atoms with E-state index >= 15 is 0 Å². The molecule has 5 heteroatoms. The third-order valence-electron chi connectivity index (χ3n) is 5.88. The third-order valence-corrected chi connectivity index (χ3v) is 5.88. The molecule has 27 heavy (non-hydrogen) atoms. The molecule has 0 radical (unpaired) electrons. The van der Waals surface area contributed by atoms with Gasteiger partial charge in [0, 0.05) is 12.0 Å². The minimum Gasteiger partial charge on any atom is -0.393 e. The molecule has 2 rings (SSSR count). The average Bonchev–Trinajstić information content (AvgIpc) is 2.89. The van der Waals surface area contributed by atoms with Crippen LogP contribution in [0.3, 0.4) is 0 Å². The molecule has 0 aromatic heterocycles. The highest BCUT2D eigenvalue weighted by atomic mass is 19.1. The summed E-state index contributed by atoms with van der Waals surface area (Å²) in [5, 5.41) is 30.9. The van der Waals surface area contributed by atoms with Crippen molar-refractivity contribution in [3.05, 3.63) is 35.6 Å². The Bertz CT molecular complexity index is 591. The number of aliphatic hydroxyl groups excluding tert-OH is 3. The number of halogens is 1. The molecule has 1 saturated carbocycles. The second-order valence-corrected chi connectivity index (χ2v) is 7.97. The number of rotatable bonds is 11. The van der Waals surface area contributed by atoms with Crippen molar-refractivity contribution in [2.45, 2.75) is 83.0 Å². The van der Waals surface area contributed by atoms with Crippen LogP contribution in [-0.2, 0) is 4.79 Å². The standard InChI is InChI=1S/C22H33FO4/c1-15(24)8-4-2-3-5-9-16-17(22(27)14-21(16)26)12-13-20(25)18-10-6-7-11-19(18)23/h6-7,10-11,16-17,20-22,25-27H,2-5,8-9,12-14H2,1H3/t16-,17-,20?,21+,22-/m1/s1. The maximum Gasteiger partial charge on any atom is 0.129 e. The average molecular weight is 381 g/mol. The maximum atomic E-state index is 13.8. The van der Waals surface area contributed by atoms with Gasteiger partial charge in [-0.1, -0.05) is 37.5 Å². The Morgan fingerprint density at radius 3 is 2.37 bits per heavy atom. The van der Waals surface area contributed by atoms with E-state index in [9.17, 15) is 24.5 Å². The third kappa shape index (κ3) is 6.66. The van der Waals surface area contributed by atoms with Gasteiger partial charge in [0.15, 0.2) is 0 Å². The largest absolute Gasteiger partial charge is 0.393 e. The molecule has 1 fully saturated rings. The number of hydrogen-bond donors (Lipinski definition) is 3. The molecule has 152 valence electrons. The molecule has 1 aliphatic carbocycles. The smallest absolute Gasteiger partial charge is 0.129 e. The van der Waals surface area contributed by atoms with Crippen LogP contribution >= 0.6 is 0 Å². The molecule has 0 amide bonds. The van der Waals surface area contributed by atoms with Crippen LogP contribution in [0.4, 0.5) is 4.39 Å². The molecule has 0 aliphatic heterocycles. The van der Waals surface area contributed by atoms with E-state index in [1.54, 1.807) is 25.1 Å². The summed E-state index contributed by atoms with van der Waals surface area (Å²) in [7, 11) is 0. The van der Waals surface area contributed by atoms with E-state index in [1.165, 1.54) is 6.07 Å². The van der Waals surface area contributed by atoms with Crippen molar-refractivity contribution < 1.29 is 24.5 Å². The fourth-order valence-corrected chi connectivity index (χ4v) is 4.34. The van der Waals surface area contributed by atoms with Crippen LogP contribution in [0.1, 0.15) is 76.4 Å². The number of ketones is 1. The van der Waals surface area contributed by atoms with Crippen molar-refractivity contribution in [1.82, 2.24) is 0 Å². The molecule has 1 aliphatic rings. The Morgan fingerprint density at radius 2 is 1.70 bits per heavy atom. The van der Waals surface area contributed by atoms with Crippen LogP contribution in [0.25, 0.3) is 0 Å². The summed E-state index contributed by atoms with van der Waals surface area (Å²) in [5.74, 6) is -0.254. The molecule has 0 bridgehead atoms. The first-order valence-electron chi connectivity index (χ1n) is 10.2. The van der Waals surface area contributed by atoms with Crippen molar-refractivity contribution in [2.75, 3.05) is 0 Å². The SMILES string of the molecule is CC(=O)CCCCCC[C@@H]1[C@@H](CCC(O)c2ccccc2F)[C@H](O)C[C@@H]1O. The van der Waals surface area contributed by atoms with Crippen LogP contribution in [0.15, 0.2) is 24.3 Å². The van der Waals surface area contributed by atoms with Gasteiger partial charge in [-0.25, -0.2) is 4.39 Å². The van der Waals surface area contributed by atoms with Gasteiger partial charge in [-0.3, -0.25) is 0 Å². The second kappa shape index (κ2) is 10.9. The lowest BCUT2D eigenvalue weighted by molar-refractivity contribution is -0.117. The number of unbranched alkanes of at least 4 members (excludes halogenated alkanes) is 3. The molecule has 1 aromatic carbocycles. The fourth-order valence-electron chi connectivity index (χ4n) is 4.34. The van der Waals surface area contributed by atoms with Gasteiger partial charge in [0.1, 0.15) is 11.6 Å². The molecule has 0 spiro atoms. The van der Waals surface area contributed by atoms with Crippen LogP contribution in [0, 0.1) is 17.7 Å². The van der Waals surface area contributed by atoms with Crippen molar-refractivity contribution in [2.24, 2.45) is 11.8 Å². The summed E-state index contributed by atoms with van der Waals surface area (Å²) in [6.07, 6.45) is 4.63. The van der Waals surface area contributed by atoms with Gasteiger partial charge in [0.2, 0.25) is 0 Å². The van der Waals surface area contributed by atoms with Crippen LogP contribution in [0.5, 0.6) is 0 Å². The van der Waals surface area contributed by atoms with Crippen molar-refractivity contribution >= 4 is 5.78 Å². The summed E-state index contributed by atoms with van der Waals surface area (Å²) in [5.41, 5.74) is 0.285. The Morgan fingerprint density at radius 1 is 1.07 bits per heavy atom. The van der Waals surface area contributed by atoms with E-state index < -0.39 is 24.1 Å². The normalized spacial score (nSPS) is 26.3. The van der Waals surface area contributed by atoms with E-state index in [0.29, 0.717) is 25.7 Å². The van der Waals surface area contributed by atoms with Gasteiger partial charge in [0.05, 0.1) is 18.3 Å². The topological polar surface area (TPSA) is 77.8 Å². The number of hydrogen-bond acceptors (Lipinski definition) is 4. The second-order valence-electron chi connectivity index (χ2n) is 7.97. The number of aliphatic hydroxyl groups is 3. The van der Waals surface area contributed by atoms with Gasteiger partial charge in [-0.15, -0.1) is 0 Å². The predicted octanol–water partition coefficient (Wildman–Crippen LogP) is 3.93. The number of Topliss-reactive ketones (excluding diaryl/α,β-unsaturated/α-hetero) is 1. The number of carbonyl (C=O) groups is 1. The zero-order chi connectivity index (χ0) is 19.8. The monoisotopic (exact) mass is 380 g/mol. The molecular formula is C22H33FO4. The molecule has 3 N–H and O–H groups in total. The van der Waals surface area contributed by atoms with Crippen LogP contribution in [0.2, 0.25) is 0 Å². The number of carbonyl (C=O) groups excluding carboxylic acids is 1. The first kappa shape index (κ1) is 22.0. The molecular weight excluding hydrogens is 347 g/mol. The summed E-state index contributed by atoms with van der Waals surface area (Å²) >= 11 is 0. The van der Waals surface area contributed by atoms with Gasteiger partial charge in [-0.2, -0.15) is 0 Å². The lowest BCUT2D eigenvalue weighted by Crippen LogP contribution is -2.23. The van der Waals surface area contributed by atoms with E-state index in [1.807, 2.05) is 0 Å². The predicted molar refractivity (Wildman–Crippen MR) is 103 cm³/mol. The van der Waals surface area contributed by atoms with Crippen LogP contribution < -0.4 is 0 Å². The maximum absolute atomic E-state index is 13.8. The highest BCUT2D eigenvalue weighted by Gasteiger charge is 2.40. The summed E-state index contributed by atoms with van der Waals surface area (Å²) in [6.45, 7) is 1.61. The quantitative estimate of drug-likeness (QED) is 0.508. The van der Waals surface area contributed by atoms with E-state index in [4.69, 9.17) is 0 Å². The molecule has 5 atom stereocenters. The Kier molecular flexibility index (Phi) is 8.87. The van der Waals surface area contributed by atoms with Gasteiger partial charge >= 0.3 is 0 Å². The minimum atomic E-state index is -0.900. The summed E-state index contributed by atoms with van der Waals surface area (Å²) < 4.78 is 13.8. The Labute approximate surface area is 161 Å². The van der Waals surface area contributed by atoms with E-state index in [0.717, 1.165) is 32.1 Å². The van der Waals surface area contributed by atoms with Gasteiger partial charge < -0.3 is 20.1 Å². The minimum absolute atomic E-state index is 0.0145. The summed E-state index contributed by atoms with van der Waals surface area (Å²) in [6, 6.07) is 6.21. The zero-order valence-corrected chi connectivity index (χ0v) is 16.2. The highest BCUT2D eigenvalue weighted by molar-refractivity contribution is 5.75. The fraction of sp³-hybridized carbons (Fsp3) is 0.682. The van der Waals surface area contributed by atoms with Crippen LogP contribution in [-0.4, -0.2) is 33.3 Å². The molecule has 0 heterocycles. The molecule has 0 saturated heterocycles. The van der Waals surface area contributed by atoms with Gasteiger partial charge in [0.25, 0.3) is 0 Å². The van der Waals surface area contributed by atoms with Crippen molar-refractivity contribution in [3.63, 3.8) is 0 Å². The van der Waals surface area contributed by atoms with Crippen molar-refractivity contribution in [1.29, 1.82) is 0 Å². The molecule has 4 nitrogen and oxygen atoms in total. The molecule has 1 unspecified atom stereocenters. The van der Waals surface area contributed by atoms with Gasteiger partial charge in [-0.05, 0) is 56.9 Å². The Balaban J connectivity index is 1.80. The highest BCUT2D eigenvalue weighted by Crippen LogP contribution is 2.40. The lowest BCUT2D eigenvalue weighted by Gasteiger charge is -2.24. The van der Waals surface area contributed by atoms with E-state index in [-0.39, 0.29) is 23.2 Å². The van der Waals surface area contributed by atoms with E-state index in [2.05, 4.69) is 0 Å². The van der Waals surface area contributed by atoms with Crippen molar-refractivity contribution in [3.8, 4) is 0 Å². The first-order chi connectivity index (χ1) is 12.9. The first-order valence-corrected chi connectivity index (χ1v) is 10.2. The zero-order valence-electron chi connectivity index (χ0n) is 16.2.